The zero-order valence-corrected chi connectivity index (χ0v) is 14.0. The van der Waals surface area contributed by atoms with Crippen LogP contribution in [0.3, 0.4) is 0 Å². The molecule has 4 nitrogen and oxygen atoms in total. The van der Waals surface area contributed by atoms with Crippen LogP contribution >= 0.6 is 23.2 Å². The minimum Gasteiger partial charge on any atom is -0.356 e. The molecule has 0 saturated heterocycles. The van der Waals surface area contributed by atoms with Gasteiger partial charge in [-0.1, -0.05) is 36.2 Å². The van der Waals surface area contributed by atoms with Crippen LogP contribution in [-0.2, 0) is 16.0 Å². The van der Waals surface area contributed by atoms with Gasteiger partial charge >= 0.3 is 0 Å². The van der Waals surface area contributed by atoms with Gasteiger partial charge in [0, 0.05) is 23.1 Å². The quantitative estimate of drug-likeness (QED) is 0.800. The molecule has 2 rings (SSSR count). The van der Waals surface area contributed by atoms with Crippen molar-refractivity contribution in [3.8, 4) is 0 Å². The van der Waals surface area contributed by atoms with E-state index in [2.05, 4.69) is 10.6 Å². The average molecular weight is 343 g/mol. The van der Waals surface area contributed by atoms with Crippen molar-refractivity contribution in [2.24, 2.45) is 11.8 Å². The van der Waals surface area contributed by atoms with Crippen molar-refractivity contribution in [1.29, 1.82) is 0 Å². The molecule has 22 heavy (non-hydrogen) atoms. The van der Waals surface area contributed by atoms with E-state index in [0.717, 1.165) is 12.0 Å². The first-order valence-electron chi connectivity index (χ1n) is 7.52. The highest BCUT2D eigenvalue weighted by Gasteiger charge is 2.47. The van der Waals surface area contributed by atoms with Crippen LogP contribution in [0.4, 0.5) is 0 Å². The Morgan fingerprint density at radius 2 is 1.77 bits per heavy atom. The summed E-state index contributed by atoms with van der Waals surface area (Å²) in [4.78, 5) is 23.7. The largest absolute Gasteiger partial charge is 0.356 e. The lowest BCUT2D eigenvalue weighted by molar-refractivity contribution is -0.127. The topological polar surface area (TPSA) is 58.2 Å². The number of carbonyl (C=O) groups excluding carboxylic acids is 2. The summed E-state index contributed by atoms with van der Waals surface area (Å²) in [6.07, 6.45) is 2.18. The van der Waals surface area contributed by atoms with Gasteiger partial charge in [0.1, 0.15) is 0 Å². The van der Waals surface area contributed by atoms with Gasteiger partial charge in [-0.3, -0.25) is 9.59 Å². The third kappa shape index (κ3) is 4.62. The van der Waals surface area contributed by atoms with Crippen LogP contribution in [0.2, 0.25) is 10.0 Å². The third-order valence-electron chi connectivity index (χ3n) is 3.72. The number of halogens is 2. The molecular formula is C16H20Cl2N2O2. The second kappa shape index (κ2) is 7.84. The summed E-state index contributed by atoms with van der Waals surface area (Å²) < 4.78 is 0. The Morgan fingerprint density at radius 1 is 1.14 bits per heavy atom. The van der Waals surface area contributed by atoms with Crippen molar-refractivity contribution in [1.82, 2.24) is 10.6 Å². The Balaban J connectivity index is 1.72. The number of amides is 2. The second-order valence-corrected chi connectivity index (χ2v) is 6.36. The Labute approximate surface area is 140 Å². The van der Waals surface area contributed by atoms with Gasteiger partial charge in [-0.25, -0.2) is 0 Å². The molecule has 0 aromatic heterocycles. The predicted molar refractivity (Wildman–Crippen MR) is 88.1 cm³/mol. The van der Waals surface area contributed by atoms with Crippen molar-refractivity contribution in [2.75, 3.05) is 13.1 Å². The molecule has 1 aromatic rings. The van der Waals surface area contributed by atoms with Crippen LogP contribution in [0.15, 0.2) is 18.2 Å². The molecule has 120 valence electrons. The minimum atomic E-state index is -0.183. The fraction of sp³-hybridized carbons (Fsp3) is 0.500. The maximum atomic E-state index is 12.0. The standard InChI is InChI=1S/C16H20Cl2N2O2/c1-2-6-19-15(21)12-9-13(12)16(22)20-7-5-10-3-4-11(17)8-14(10)18/h3-4,8,12-13H,2,5-7,9H2,1H3,(H,19,21)(H,20,22). The smallest absolute Gasteiger partial charge is 0.223 e. The summed E-state index contributed by atoms with van der Waals surface area (Å²) in [6.45, 7) is 3.16. The average Bonchev–Trinajstić information content (AvgIpc) is 3.27. The highest BCUT2D eigenvalue weighted by Crippen LogP contribution is 2.38. The molecule has 1 fully saturated rings. The zero-order chi connectivity index (χ0) is 16.1. The monoisotopic (exact) mass is 342 g/mol. The maximum absolute atomic E-state index is 12.0. The van der Waals surface area contributed by atoms with E-state index in [-0.39, 0.29) is 23.7 Å². The van der Waals surface area contributed by atoms with Gasteiger partial charge in [-0.2, -0.15) is 0 Å². The Hall–Kier alpha value is -1.26. The number of carbonyl (C=O) groups is 2. The van der Waals surface area contributed by atoms with Crippen molar-refractivity contribution < 1.29 is 9.59 Å². The molecule has 1 aromatic carbocycles. The summed E-state index contributed by atoms with van der Waals surface area (Å²) in [5.41, 5.74) is 0.944. The molecule has 0 radical (unpaired) electrons. The highest BCUT2D eigenvalue weighted by molar-refractivity contribution is 6.35. The molecular weight excluding hydrogens is 323 g/mol. The summed E-state index contributed by atoms with van der Waals surface area (Å²) in [6, 6.07) is 5.32. The van der Waals surface area contributed by atoms with Gasteiger partial charge in [0.05, 0.1) is 11.8 Å². The van der Waals surface area contributed by atoms with Gasteiger partial charge in [-0.15, -0.1) is 0 Å². The van der Waals surface area contributed by atoms with Gasteiger partial charge in [0.15, 0.2) is 0 Å². The van der Waals surface area contributed by atoms with E-state index < -0.39 is 0 Å². The molecule has 0 spiro atoms. The van der Waals surface area contributed by atoms with E-state index in [1.807, 2.05) is 13.0 Å². The van der Waals surface area contributed by atoms with Crippen LogP contribution in [-0.4, -0.2) is 24.9 Å². The lowest BCUT2D eigenvalue weighted by atomic mass is 10.1. The Kier molecular flexibility index (Phi) is 6.09. The normalized spacial score (nSPS) is 19.6. The van der Waals surface area contributed by atoms with Crippen LogP contribution in [0, 0.1) is 11.8 Å². The Bertz CT molecular complexity index is 563. The number of hydrogen-bond donors (Lipinski definition) is 2. The van der Waals surface area contributed by atoms with Crippen molar-refractivity contribution in [3.63, 3.8) is 0 Å². The van der Waals surface area contributed by atoms with Crippen LogP contribution < -0.4 is 10.6 Å². The molecule has 2 amide bonds. The van der Waals surface area contributed by atoms with Crippen LogP contribution in [0.1, 0.15) is 25.3 Å². The van der Waals surface area contributed by atoms with E-state index in [1.54, 1.807) is 12.1 Å². The van der Waals surface area contributed by atoms with E-state index in [4.69, 9.17) is 23.2 Å². The molecule has 0 aliphatic heterocycles. The van der Waals surface area contributed by atoms with E-state index >= 15 is 0 Å². The van der Waals surface area contributed by atoms with Crippen molar-refractivity contribution >= 4 is 35.0 Å². The SMILES string of the molecule is CCCNC(=O)C1CC1C(=O)NCCc1ccc(Cl)cc1Cl. The van der Waals surface area contributed by atoms with E-state index in [0.29, 0.717) is 36.0 Å². The van der Waals surface area contributed by atoms with E-state index in [1.165, 1.54) is 0 Å². The molecule has 1 saturated carbocycles. The van der Waals surface area contributed by atoms with Crippen LogP contribution in [0.25, 0.3) is 0 Å². The summed E-state index contributed by atoms with van der Waals surface area (Å²) >= 11 is 11.9. The molecule has 2 unspecified atom stereocenters. The molecule has 6 heteroatoms. The zero-order valence-electron chi connectivity index (χ0n) is 12.5. The summed E-state index contributed by atoms with van der Waals surface area (Å²) in [7, 11) is 0. The molecule has 0 heterocycles. The first-order chi connectivity index (χ1) is 10.5. The maximum Gasteiger partial charge on any atom is 0.223 e. The van der Waals surface area contributed by atoms with Crippen LogP contribution in [0.5, 0.6) is 0 Å². The molecule has 1 aliphatic rings. The number of rotatable bonds is 7. The molecule has 1 aliphatic carbocycles. The fourth-order valence-electron chi connectivity index (χ4n) is 2.33. The predicted octanol–water partition coefficient (Wildman–Crippen LogP) is 2.81. The second-order valence-electron chi connectivity index (χ2n) is 5.52. The number of nitrogens with one attached hydrogen (secondary N) is 2. The third-order valence-corrected chi connectivity index (χ3v) is 4.31. The fourth-order valence-corrected chi connectivity index (χ4v) is 2.83. The lowest BCUT2D eigenvalue weighted by Gasteiger charge is -2.07. The Morgan fingerprint density at radius 3 is 2.36 bits per heavy atom. The summed E-state index contributed by atoms with van der Waals surface area (Å²) in [5.74, 6) is -0.410. The van der Waals surface area contributed by atoms with Gasteiger partial charge < -0.3 is 10.6 Å². The molecule has 2 N–H and O–H groups in total. The lowest BCUT2D eigenvalue weighted by Crippen LogP contribution is -2.31. The highest BCUT2D eigenvalue weighted by atomic mass is 35.5. The first-order valence-corrected chi connectivity index (χ1v) is 8.28. The van der Waals surface area contributed by atoms with Gasteiger partial charge in [0.2, 0.25) is 11.8 Å². The summed E-state index contributed by atoms with van der Waals surface area (Å²) in [5, 5.41) is 6.89. The van der Waals surface area contributed by atoms with Crippen molar-refractivity contribution in [3.05, 3.63) is 33.8 Å². The minimum absolute atomic E-state index is 0.0113. The first kappa shape index (κ1) is 17.1. The van der Waals surface area contributed by atoms with Gasteiger partial charge in [0.25, 0.3) is 0 Å². The molecule has 0 bridgehead atoms. The van der Waals surface area contributed by atoms with Crippen molar-refractivity contribution in [2.45, 2.75) is 26.2 Å². The van der Waals surface area contributed by atoms with E-state index in [9.17, 15) is 9.59 Å². The number of benzene rings is 1. The van der Waals surface area contributed by atoms with Gasteiger partial charge in [-0.05, 0) is 37.0 Å². The number of hydrogen-bond acceptors (Lipinski definition) is 2. The molecule has 2 atom stereocenters.